The normalized spacial score (nSPS) is 15.2. The second-order valence-electron chi connectivity index (χ2n) is 8.27. The summed E-state index contributed by atoms with van der Waals surface area (Å²) in [5.41, 5.74) is 2.54. The SMILES string of the molecule is CCCCCCCOc1ccc2c(c1)C(CCn1ccnc1)CN2CCC(=O)OCC. The lowest BCUT2D eigenvalue weighted by molar-refractivity contribution is -0.142. The van der Waals surface area contributed by atoms with Gasteiger partial charge in [-0.3, -0.25) is 4.79 Å². The Labute approximate surface area is 186 Å². The standard InChI is InChI=1S/C25H37N3O3/c1-3-5-6-7-8-17-31-22-9-10-24-23(18-22)21(11-14-27-16-13-26-20-27)19-28(24)15-12-25(29)30-4-2/h9-10,13,16,18,20-21H,3-8,11-12,14-15,17,19H2,1-2H3. The second kappa shape index (κ2) is 12.4. The molecule has 1 atom stereocenters. The molecule has 0 radical (unpaired) electrons. The van der Waals surface area contributed by atoms with Crippen LogP contribution in [0.25, 0.3) is 0 Å². The Morgan fingerprint density at radius 1 is 1.16 bits per heavy atom. The van der Waals surface area contributed by atoms with Gasteiger partial charge in [-0.1, -0.05) is 32.6 Å². The van der Waals surface area contributed by atoms with E-state index in [0.29, 0.717) is 25.5 Å². The van der Waals surface area contributed by atoms with Gasteiger partial charge in [-0.25, -0.2) is 4.98 Å². The van der Waals surface area contributed by atoms with Gasteiger partial charge in [-0.15, -0.1) is 0 Å². The van der Waals surface area contributed by atoms with Crippen LogP contribution in [0.5, 0.6) is 5.75 Å². The topological polar surface area (TPSA) is 56.6 Å². The molecular weight excluding hydrogens is 390 g/mol. The van der Waals surface area contributed by atoms with Crippen LogP contribution in [0.2, 0.25) is 0 Å². The molecule has 0 amide bonds. The number of fused-ring (bicyclic) bond motifs is 1. The van der Waals surface area contributed by atoms with Crippen molar-refractivity contribution in [3.8, 4) is 5.75 Å². The van der Waals surface area contributed by atoms with Crippen molar-refractivity contribution in [2.75, 3.05) is 31.2 Å². The summed E-state index contributed by atoms with van der Waals surface area (Å²) in [5.74, 6) is 1.23. The van der Waals surface area contributed by atoms with Gasteiger partial charge in [0.25, 0.3) is 0 Å². The third-order valence-corrected chi connectivity index (χ3v) is 5.92. The van der Waals surface area contributed by atoms with Crippen molar-refractivity contribution in [1.29, 1.82) is 0 Å². The maximum atomic E-state index is 11.9. The molecule has 0 N–H and O–H groups in total. The highest BCUT2D eigenvalue weighted by Crippen LogP contribution is 2.40. The minimum Gasteiger partial charge on any atom is -0.494 e. The molecule has 170 valence electrons. The molecule has 2 heterocycles. The van der Waals surface area contributed by atoms with Gasteiger partial charge in [-0.05, 0) is 43.5 Å². The van der Waals surface area contributed by atoms with Crippen LogP contribution in [0.4, 0.5) is 5.69 Å². The van der Waals surface area contributed by atoms with Gasteiger partial charge in [0.2, 0.25) is 0 Å². The number of carbonyl (C=O) groups excluding carboxylic acids is 1. The molecule has 2 aromatic rings. The lowest BCUT2D eigenvalue weighted by Gasteiger charge is -2.19. The van der Waals surface area contributed by atoms with Gasteiger partial charge in [-0.2, -0.15) is 0 Å². The van der Waals surface area contributed by atoms with E-state index in [4.69, 9.17) is 9.47 Å². The molecule has 31 heavy (non-hydrogen) atoms. The van der Waals surface area contributed by atoms with Crippen molar-refractivity contribution in [1.82, 2.24) is 9.55 Å². The Morgan fingerprint density at radius 2 is 2.03 bits per heavy atom. The molecule has 0 bridgehead atoms. The van der Waals surface area contributed by atoms with Gasteiger partial charge in [0.05, 0.1) is 26.0 Å². The minimum atomic E-state index is -0.131. The third kappa shape index (κ3) is 7.01. The maximum absolute atomic E-state index is 11.9. The average molecular weight is 428 g/mol. The van der Waals surface area contributed by atoms with E-state index in [0.717, 1.165) is 38.3 Å². The Balaban J connectivity index is 1.62. The predicted molar refractivity (Wildman–Crippen MR) is 124 cm³/mol. The summed E-state index contributed by atoms with van der Waals surface area (Å²) in [6, 6.07) is 6.44. The fourth-order valence-electron chi connectivity index (χ4n) is 4.24. The van der Waals surface area contributed by atoms with Gasteiger partial charge >= 0.3 is 5.97 Å². The predicted octanol–water partition coefficient (Wildman–Crippen LogP) is 5.18. The molecule has 0 spiro atoms. The molecule has 0 saturated carbocycles. The van der Waals surface area contributed by atoms with Crippen LogP contribution in [-0.4, -0.2) is 41.8 Å². The molecule has 1 aromatic heterocycles. The van der Waals surface area contributed by atoms with Crippen molar-refractivity contribution < 1.29 is 14.3 Å². The first-order chi connectivity index (χ1) is 15.2. The summed E-state index contributed by atoms with van der Waals surface area (Å²) in [7, 11) is 0. The molecule has 6 heteroatoms. The number of anilines is 1. The van der Waals surface area contributed by atoms with Crippen LogP contribution in [0.1, 0.15) is 70.3 Å². The van der Waals surface area contributed by atoms with Gasteiger partial charge in [0.1, 0.15) is 5.75 Å². The number of ether oxygens (including phenoxy) is 2. The van der Waals surface area contributed by atoms with Crippen molar-refractivity contribution in [3.63, 3.8) is 0 Å². The Bertz CT molecular complexity index is 791. The highest BCUT2D eigenvalue weighted by atomic mass is 16.5. The molecule has 3 rings (SSSR count). The number of carbonyl (C=O) groups is 1. The zero-order valence-corrected chi connectivity index (χ0v) is 19.1. The van der Waals surface area contributed by atoms with Gasteiger partial charge < -0.3 is 18.9 Å². The molecule has 1 aromatic carbocycles. The number of unbranched alkanes of at least 4 members (excludes halogenated alkanes) is 4. The Morgan fingerprint density at radius 3 is 2.81 bits per heavy atom. The summed E-state index contributed by atoms with van der Waals surface area (Å²) in [4.78, 5) is 18.3. The number of aromatic nitrogens is 2. The molecule has 0 aliphatic carbocycles. The number of esters is 1. The average Bonchev–Trinajstić information content (AvgIpc) is 3.41. The number of aryl methyl sites for hydroxylation is 1. The van der Waals surface area contributed by atoms with E-state index in [2.05, 4.69) is 39.6 Å². The van der Waals surface area contributed by atoms with E-state index < -0.39 is 0 Å². The van der Waals surface area contributed by atoms with Crippen LogP contribution in [0.3, 0.4) is 0 Å². The van der Waals surface area contributed by atoms with Crippen molar-refractivity contribution in [3.05, 3.63) is 42.5 Å². The summed E-state index contributed by atoms with van der Waals surface area (Å²) in [6.45, 7) is 7.82. The van der Waals surface area contributed by atoms with Crippen molar-refractivity contribution >= 4 is 11.7 Å². The summed E-state index contributed by atoms with van der Waals surface area (Å²) >= 11 is 0. The zero-order chi connectivity index (χ0) is 21.9. The van der Waals surface area contributed by atoms with Gasteiger partial charge in [0, 0.05) is 43.6 Å². The van der Waals surface area contributed by atoms with E-state index in [1.54, 1.807) is 0 Å². The van der Waals surface area contributed by atoms with Gasteiger partial charge in [0.15, 0.2) is 0 Å². The molecular formula is C25H37N3O3. The molecule has 1 aliphatic rings. The summed E-state index contributed by atoms with van der Waals surface area (Å²) in [5, 5.41) is 0. The zero-order valence-electron chi connectivity index (χ0n) is 19.1. The first kappa shape index (κ1) is 23.2. The summed E-state index contributed by atoms with van der Waals surface area (Å²) in [6.07, 6.45) is 13.3. The van der Waals surface area contributed by atoms with Crippen molar-refractivity contribution in [2.24, 2.45) is 0 Å². The summed E-state index contributed by atoms with van der Waals surface area (Å²) < 4.78 is 13.3. The number of nitrogens with zero attached hydrogens (tertiary/aromatic N) is 3. The van der Waals surface area contributed by atoms with Crippen LogP contribution >= 0.6 is 0 Å². The van der Waals surface area contributed by atoms with E-state index in [1.807, 2.05) is 25.6 Å². The number of benzene rings is 1. The molecule has 1 aliphatic heterocycles. The number of imidazole rings is 1. The lowest BCUT2D eigenvalue weighted by Crippen LogP contribution is -2.25. The Hall–Kier alpha value is -2.50. The van der Waals surface area contributed by atoms with Crippen LogP contribution in [0.15, 0.2) is 36.9 Å². The van der Waals surface area contributed by atoms with E-state index in [-0.39, 0.29) is 5.97 Å². The largest absolute Gasteiger partial charge is 0.494 e. The second-order valence-corrected chi connectivity index (χ2v) is 8.27. The van der Waals surface area contributed by atoms with E-state index >= 15 is 0 Å². The molecule has 0 saturated heterocycles. The fraction of sp³-hybridized carbons (Fsp3) is 0.600. The quantitative estimate of drug-likeness (QED) is 0.307. The number of rotatable bonds is 14. The third-order valence-electron chi connectivity index (χ3n) is 5.92. The monoisotopic (exact) mass is 427 g/mol. The van der Waals surface area contributed by atoms with Crippen LogP contribution in [-0.2, 0) is 16.1 Å². The first-order valence-corrected chi connectivity index (χ1v) is 11.8. The number of hydrogen-bond donors (Lipinski definition) is 0. The highest BCUT2D eigenvalue weighted by molar-refractivity contribution is 5.71. The Kier molecular flexibility index (Phi) is 9.25. The lowest BCUT2D eigenvalue weighted by atomic mass is 9.97. The van der Waals surface area contributed by atoms with Crippen LogP contribution < -0.4 is 9.64 Å². The first-order valence-electron chi connectivity index (χ1n) is 11.8. The highest BCUT2D eigenvalue weighted by Gasteiger charge is 2.29. The molecule has 0 fully saturated rings. The van der Waals surface area contributed by atoms with E-state index in [9.17, 15) is 4.79 Å². The minimum absolute atomic E-state index is 0.131. The fourth-order valence-corrected chi connectivity index (χ4v) is 4.24. The smallest absolute Gasteiger partial charge is 0.307 e. The van der Waals surface area contributed by atoms with Crippen molar-refractivity contribution in [2.45, 2.75) is 71.3 Å². The maximum Gasteiger partial charge on any atom is 0.307 e. The molecule has 1 unspecified atom stereocenters. The number of hydrogen-bond acceptors (Lipinski definition) is 5. The molecule has 6 nitrogen and oxygen atoms in total. The van der Waals surface area contributed by atoms with E-state index in [1.165, 1.54) is 36.9 Å². The van der Waals surface area contributed by atoms with Crippen LogP contribution in [0, 0.1) is 0 Å².